The van der Waals surface area contributed by atoms with Crippen LogP contribution in [-0.2, 0) is 17.9 Å². The number of nitrogens with one attached hydrogen (secondary N) is 1. The summed E-state index contributed by atoms with van der Waals surface area (Å²) < 4.78 is 47.4. The van der Waals surface area contributed by atoms with Crippen molar-refractivity contribution >= 4 is 6.09 Å². The largest absolute Gasteiger partial charge is 0.573 e. The Morgan fingerprint density at radius 1 is 0.912 bits per heavy atom. The highest BCUT2D eigenvalue weighted by molar-refractivity contribution is 5.67. The van der Waals surface area contributed by atoms with Gasteiger partial charge in [-0.05, 0) is 35.4 Å². The fourth-order valence-electron chi connectivity index (χ4n) is 3.04. The van der Waals surface area contributed by atoms with E-state index in [0.717, 1.165) is 16.7 Å². The zero-order chi connectivity index (χ0) is 24.0. The van der Waals surface area contributed by atoms with Gasteiger partial charge in [0.15, 0.2) is 5.82 Å². The first kappa shape index (κ1) is 22.8. The van der Waals surface area contributed by atoms with Gasteiger partial charge in [0.05, 0.1) is 5.69 Å². The third-order valence-corrected chi connectivity index (χ3v) is 4.69. The van der Waals surface area contributed by atoms with Gasteiger partial charge in [0, 0.05) is 12.1 Å². The summed E-state index contributed by atoms with van der Waals surface area (Å²) in [6.07, 6.45) is -3.79. The van der Waals surface area contributed by atoms with Gasteiger partial charge in [0.1, 0.15) is 18.7 Å². The van der Waals surface area contributed by atoms with E-state index in [2.05, 4.69) is 20.1 Å². The van der Waals surface area contributed by atoms with E-state index in [1.165, 1.54) is 35.3 Å². The Morgan fingerprint density at radius 3 is 2.29 bits per heavy atom. The maximum Gasteiger partial charge on any atom is 0.573 e. The number of aromatic nitrogens is 3. The van der Waals surface area contributed by atoms with Gasteiger partial charge in [-0.1, -0.05) is 54.6 Å². The van der Waals surface area contributed by atoms with Gasteiger partial charge in [-0.3, -0.25) is 0 Å². The number of hydrogen-bond acceptors (Lipinski definition) is 5. The number of alkyl halides is 3. The van der Waals surface area contributed by atoms with Crippen LogP contribution in [0.25, 0.3) is 17.1 Å². The van der Waals surface area contributed by atoms with E-state index in [1.54, 1.807) is 0 Å². The van der Waals surface area contributed by atoms with Crippen LogP contribution in [0.1, 0.15) is 11.1 Å². The van der Waals surface area contributed by atoms with E-state index < -0.39 is 12.5 Å². The number of alkyl carbamates (subject to hydrolysis) is 1. The van der Waals surface area contributed by atoms with Crippen LogP contribution >= 0.6 is 0 Å². The van der Waals surface area contributed by atoms with Gasteiger partial charge in [-0.15, -0.1) is 18.3 Å². The first-order valence-corrected chi connectivity index (χ1v) is 10.2. The Labute approximate surface area is 192 Å². The summed E-state index contributed by atoms with van der Waals surface area (Å²) in [6.45, 7) is 0.486. The van der Waals surface area contributed by atoms with E-state index in [9.17, 15) is 18.0 Å². The Kier molecular flexibility index (Phi) is 6.77. The minimum absolute atomic E-state index is 0.192. The Hall–Kier alpha value is -4.34. The molecule has 0 aliphatic carbocycles. The van der Waals surface area contributed by atoms with Crippen molar-refractivity contribution in [2.75, 3.05) is 0 Å². The van der Waals surface area contributed by atoms with Crippen molar-refractivity contribution in [3.8, 4) is 22.8 Å². The second-order valence-electron chi connectivity index (χ2n) is 7.17. The maximum absolute atomic E-state index is 12.3. The Balaban J connectivity index is 1.31. The smallest absolute Gasteiger partial charge is 0.445 e. The van der Waals surface area contributed by atoms with Crippen molar-refractivity contribution in [1.29, 1.82) is 0 Å². The predicted molar refractivity (Wildman–Crippen MR) is 117 cm³/mol. The van der Waals surface area contributed by atoms with Gasteiger partial charge in [0.25, 0.3) is 0 Å². The maximum atomic E-state index is 12.3. The van der Waals surface area contributed by atoms with Crippen molar-refractivity contribution in [2.45, 2.75) is 19.5 Å². The molecule has 0 aliphatic heterocycles. The first-order chi connectivity index (χ1) is 16.4. The zero-order valence-electron chi connectivity index (χ0n) is 17.7. The summed E-state index contributed by atoms with van der Waals surface area (Å²) in [5.74, 6) is 0.127. The molecule has 4 rings (SSSR count). The Morgan fingerprint density at radius 2 is 1.62 bits per heavy atom. The van der Waals surface area contributed by atoms with Crippen LogP contribution in [0.4, 0.5) is 18.0 Å². The summed E-state index contributed by atoms with van der Waals surface area (Å²) in [4.78, 5) is 16.1. The van der Waals surface area contributed by atoms with E-state index in [1.807, 2.05) is 54.6 Å². The molecule has 0 radical (unpaired) electrons. The zero-order valence-corrected chi connectivity index (χ0v) is 17.7. The second-order valence-corrected chi connectivity index (χ2v) is 7.17. The molecule has 4 aromatic rings. The van der Waals surface area contributed by atoms with E-state index in [4.69, 9.17) is 4.74 Å². The summed E-state index contributed by atoms with van der Waals surface area (Å²) in [5.41, 5.74) is 3.04. The average Bonchev–Trinajstić information content (AvgIpc) is 3.32. The molecule has 0 spiro atoms. The number of nitrogens with zero attached hydrogens (tertiary/aromatic N) is 3. The van der Waals surface area contributed by atoms with Crippen LogP contribution < -0.4 is 10.1 Å². The topological polar surface area (TPSA) is 78.3 Å². The van der Waals surface area contributed by atoms with Gasteiger partial charge in [-0.2, -0.15) is 0 Å². The van der Waals surface area contributed by atoms with E-state index >= 15 is 0 Å². The molecule has 0 unspecified atom stereocenters. The summed E-state index contributed by atoms with van der Waals surface area (Å²) in [7, 11) is 0. The van der Waals surface area contributed by atoms with Crippen LogP contribution in [0.15, 0.2) is 85.2 Å². The highest BCUT2D eigenvalue weighted by Gasteiger charge is 2.31. The third kappa shape index (κ3) is 6.35. The molecule has 0 atom stereocenters. The molecule has 1 amide bonds. The van der Waals surface area contributed by atoms with Crippen molar-refractivity contribution in [1.82, 2.24) is 20.1 Å². The van der Waals surface area contributed by atoms with Crippen molar-refractivity contribution in [2.24, 2.45) is 0 Å². The lowest BCUT2D eigenvalue weighted by Crippen LogP contribution is -2.23. The molecular weight excluding hydrogens is 449 g/mol. The summed E-state index contributed by atoms with van der Waals surface area (Å²) >= 11 is 0. The van der Waals surface area contributed by atoms with Gasteiger partial charge < -0.3 is 14.8 Å². The van der Waals surface area contributed by atoms with E-state index in [0.29, 0.717) is 18.1 Å². The lowest BCUT2D eigenvalue weighted by Gasteiger charge is -2.09. The SMILES string of the molecule is O=C(NCc1ccc(-c2ncn(-c3ccc(OC(F)(F)F)cc3)n2)cc1)OCc1ccccc1. The van der Waals surface area contributed by atoms with Crippen LogP contribution in [0.2, 0.25) is 0 Å². The normalized spacial score (nSPS) is 11.1. The molecule has 34 heavy (non-hydrogen) atoms. The standard InChI is InChI=1S/C24H19F3N4O3/c25-24(26,27)34-21-12-10-20(11-13-21)31-16-29-22(30-31)19-8-6-17(7-9-19)14-28-23(32)33-15-18-4-2-1-3-5-18/h1-13,16H,14-15H2,(H,28,32). The molecule has 3 aromatic carbocycles. The molecule has 1 aromatic heterocycles. The fourth-order valence-corrected chi connectivity index (χ4v) is 3.04. The molecule has 1 N–H and O–H groups in total. The number of rotatable bonds is 7. The van der Waals surface area contributed by atoms with Crippen LogP contribution in [0.5, 0.6) is 5.75 Å². The highest BCUT2D eigenvalue weighted by Crippen LogP contribution is 2.24. The minimum Gasteiger partial charge on any atom is -0.445 e. The minimum atomic E-state index is -4.74. The fraction of sp³-hybridized carbons (Fsp3) is 0.125. The number of amides is 1. The van der Waals surface area contributed by atoms with E-state index in [-0.39, 0.29) is 12.4 Å². The van der Waals surface area contributed by atoms with Crippen molar-refractivity contribution < 1.29 is 27.4 Å². The molecule has 0 saturated heterocycles. The number of benzene rings is 3. The number of carbonyl (C=O) groups excluding carboxylic acids is 1. The quantitative estimate of drug-likeness (QED) is 0.400. The van der Waals surface area contributed by atoms with Gasteiger partial charge in [-0.25, -0.2) is 14.5 Å². The lowest BCUT2D eigenvalue weighted by molar-refractivity contribution is -0.274. The molecule has 7 nitrogen and oxygen atoms in total. The monoisotopic (exact) mass is 468 g/mol. The molecule has 1 heterocycles. The third-order valence-electron chi connectivity index (χ3n) is 4.69. The van der Waals surface area contributed by atoms with Crippen molar-refractivity contribution in [3.63, 3.8) is 0 Å². The second kappa shape index (κ2) is 10.1. The lowest BCUT2D eigenvalue weighted by atomic mass is 10.1. The van der Waals surface area contributed by atoms with Crippen LogP contribution in [0, 0.1) is 0 Å². The highest BCUT2D eigenvalue weighted by atomic mass is 19.4. The van der Waals surface area contributed by atoms with Crippen molar-refractivity contribution in [3.05, 3.63) is 96.3 Å². The molecule has 0 saturated carbocycles. The molecule has 0 aliphatic rings. The number of ether oxygens (including phenoxy) is 2. The van der Waals surface area contributed by atoms with Crippen LogP contribution in [0.3, 0.4) is 0 Å². The van der Waals surface area contributed by atoms with Gasteiger partial charge in [0.2, 0.25) is 0 Å². The number of halogens is 3. The summed E-state index contributed by atoms with van der Waals surface area (Å²) in [6, 6.07) is 22.0. The first-order valence-electron chi connectivity index (χ1n) is 10.2. The molecule has 0 bridgehead atoms. The molecule has 174 valence electrons. The number of hydrogen-bond donors (Lipinski definition) is 1. The molecule has 0 fully saturated rings. The molecular formula is C24H19F3N4O3. The predicted octanol–water partition coefficient (Wildman–Crippen LogP) is 5.26. The molecule has 10 heteroatoms. The average molecular weight is 468 g/mol. The summed E-state index contributed by atoms with van der Waals surface area (Å²) in [5, 5.41) is 7.06. The Bertz CT molecular complexity index is 1230. The number of carbonyl (C=O) groups is 1. The van der Waals surface area contributed by atoms with Gasteiger partial charge >= 0.3 is 12.5 Å². The van der Waals surface area contributed by atoms with Crippen LogP contribution in [-0.4, -0.2) is 27.2 Å².